The predicted octanol–water partition coefficient (Wildman–Crippen LogP) is 5.46. The SMILES string of the molecule is Fc1ccc(Cl)cc1-c1cc(Br)c2ccccc2n1. The smallest absolute Gasteiger partial charge is 0.132 e. The molecule has 3 aromatic rings. The van der Waals surface area contributed by atoms with Gasteiger partial charge in [-0.1, -0.05) is 45.7 Å². The number of rotatable bonds is 1. The highest BCUT2D eigenvalue weighted by atomic mass is 79.9. The van der Waals surface area contributed by atoms with Gasteiger partial charge in [-0.3, -0.25) is 0 Å². The summed E-state index contributed by atoms with van der Waals surface area (Å²) in [6.07, 6.45) is 0. The maximum absolute atomic E-state index is 13.9. The van der Waals surface area contributed by atoms with Crippen molar-refractivity contribution >= 4 is 38.4 Å². The molecule has 0 unspecified atom stereocenters. The molecule has 0 spiro atoms. The molecule has 19 heavy (non-hydrogen) atoms. The van der Waals surface area contributed by atoms with Crippen molar-refractivity contribution in [2.75, 3.05) is 0 Å². The van der Waals surface area contributed by atoms with E-state index >= 15 is 0 Å². The normalized spacial score (nSPS) is 10.9. The van der Waals surface area contributed by atoms with Gasteiger partial charge in [-0.25, -0.2) is 9.37 Å². The topological polar surface area (TPSA) is 12.9 Å². The molecule has 0 atom stereocenters. The minimum Gasteiger partial charge on any atom is -0.248 e. The molecule has 1 nitrogen and oxygen atoms in total. The van der Waals surface area contributed by atoms with E-state index in [1.54, 1.807) is 12.1 Å². The lowest BCUT2D eigenvalue weighted by Crippen LogP contribution is -1.90. The van der Waals surface area contributed by atoms with Crippen molar-refractivity contribution in [2.24, 2.45) is 0 Å². The molecule has 3 rings (SSSR count). The van der Waals surface area contributed by atoms with E-state index in [1.807, 2.05) is 24.3 Å². The fourth-order valence-corrected chi connectivity index (χ4v) is 2.69. The Bertz CT molecular complexity index is 773. The van der Waals surface area contributed by atoms with E-state index in [9.17, 15) is 4.39 Å². The van der Waals surface area contributed by atoms with Crippen LogP contribution >= 0.6 is 27.5 Å². The van der Waals surface area contributed by atoms with Gasteiger partial charge in [-0.15, -0.1) is 0 Å². The first-order chi connectivity index (χ1) is 9.15. The summed E-state index contributed by atoms with van der Waals surface area (Å²) in [6.45, 7) is 0. The largest absolute Gasteiger partial charge is 0.248 e. The molecule has 0 fully saturated rings. The number of hydrogen-bond acceptors (Lipinski definition) is 1. The van der Waals surface area contributed by atoms with Crippen LogP contribution < -0.4 is 0 Å². The summed E-state index contributed by atoms with van der Waals surface area (Å²) in [4.78, 5) is 4.48. The summed E-state index contributed by atoms with van der Waals surface area (Å²) in [5, 5.41) is 1.48. The van der Waals surface area contributed by atoms with E-state index in [4.69, 9.17) is 11.6 Å². The van der Waals surface area contributed by atoms with Gasteiger partial charge < -0.3 is 0 Å². The Morgan fingerprint density at radius 2 is 1.84 bits per heavy atom. The Morgan fingerprint density at radius 3 is 2.68 bits per heavy atom. The van der Waals surface area contributed by atoms with Crippen LogP contribution in [0, 0.1) is 5.82 Å². The van der Waals surface area contributed by atoms with E-state index in [1.165, 1.54) is 12.1 Å². The third-order valence-corrected chi connectivity index (χ3v) is 3.76. The molecular formula is C15H8BrClFN. The lowest BCUT2D eigenvalue weighted by atomic mass is 10.1. The fourth-order valence-electron chi connectivity index (χ4n) is 1.96. The average Bonchev–Trinajstić information content (AvgIpc) is 2.41. The molecule has 4 heteroatoms. The van der Waals surface area contributed by atoms with Crippen LogP contribution in [0.25, 0.3) is 22.2 Å². The second kappa shape index (κ2) is 4.91. The molecular weight excluding hydrogens is 329 g/mol. The quantitative estimate of drug-likeness (QED) is 0.575. The molecule has 0 aliphatic rings. The number of para-hydroxylation sites is 1. The Balaban J connectivity index is 2.28. The Labute approximate surface area is 123 Å². The fraction of sp³-hybridized carbons (Fsp3) is 0. The summed E-state index contributed by atoms with van der Waals surface area (Å²) in [6, 6.07) is 14.0. The van der Waals surface area contributed by atoms with Gasteiger partial charge in [0.1, 0.15) is 5.82 Å². The van der Waals surface area contributed by atoms with E-state index in [0.29, 0.717) is 16.3 Å². The van der Waals surface area contributed by atoms with Gasteiger partial charge in [0, 0.05) is 20.4 Å². The lowest BCUT2D eigenvalue weighted by Gasteiger charge is -2.07. The minimum atomic E-state index is -0.334. The average molecular weight is 337 g/mol. The Kier molecular flexibility index (Phi) is 3.25. The van der Waals surface area contributed by atoms with Crippen LogP contribution in [0.15, 0.2) is 53.0 Å². The highest BCUT2D eigenvalue weighted by Crippen LogP contribution is 2.30. The summed E-state index contributed by atoms with van der Waals surface area (Å²) in [5.41, 5.74) is 1.77. The number of hydrogen-bond donors (Lipinski definition) is 0. The van der Waals surface area contributed by atoms with Gasteiger partial charge in [-0.2, -0.15) is 0 Å². The molecule has 0 saturated carbocycles. The van der Waals surface area contributed by atoms with Crippen LogP contribution in [0.3, 0.4) is 0 Å². The standard InChI is InChI=1S/C15H8BrClFN/c16-12-8-15(11-7-9(17)5-6-13(11)18)19-14-4-2-1-3-10(12)14/h1-8H. The summed E-state index contributed by atoms with van der Waals surface area (Å²) >= 11 is 9.41. The van der Waals surface area contributed by atoms with Crippen LogP contribution in [-0.4, -0.2) is 4.98 Å². The van der Waals surface area contributed by atoms with Crippen molar-refractivity contribution in [3.63, 3.8) is 0 Å². The maximum Gasteiger partial charge on any atom is 0.132 e. The van der Waals surface area contributed by atoms with Gasteiger partial charge in [-0.05, 0) is 30.3 Å². The zero-order chi connectivity index (χ0) is 13.4. The first-order valence-corrected chi connectivity index (χ1v) is 6.83. The Morgan fingerprint density at radius 1 is 1.05 bits per heavy atom. The van der Waals surface area contributed by atoms with Crippen LogP contribution in [-0.2, 0) is 0 Å². The molecule has 1 aromatic heterocycles. The highest BCUT2D eigenvalue weighted by molar-refractivity contribution is 9.10. The number of nitrogens with zero attached hydrogens (tertiary/aromatic N) is 1. The zero-order valence-electron chi connectivity index (χ0n) is 9.70. The van der Waals surface area contributed by atoms with Crippen molar-refractivity contribution in [3.05, 3.63) is 63.8 Å². The molecule has 0 aliphatic heterocycles. The second-order valence-corrected chi connectivity index (χ2v) is 5.42. The van der Waals surface area contributed by atoms with E-state index in [-0.39, 0.29) is 5.82 Å². The molecule has 1 heterocycles. The molecule has 0 amide bonds. The monoisotopic (exact) mass is 335 g/mol. The number of aromatic nitrogens is 1. The molecule has 94 valence electrons. The molecule has 0 radical (unpaired) electrons. The molecule has 0 aliphatic carbocycles. The Hall–Kier alpha value is -1.45. The summed E-state index contributed by atoms with van der Waals surface area (Å²) < 4.78 is 14.8. The summed E-state index contributed by atoms with van der Waals surface area (Å²) in [5.74, 6) is -0.334. The first kappa shape index (κ1) is 12.6. The lowest BCUT2D eigenvalue weighted by molar-refractivity contribution is 0.631. The second-order valence-electron chi connectivity index (χ2n) is 4.13. The summed E-state index contributed by atoms with van der Waals surface area (Å²) in [7, 11) is 0. The van der Waals surface area contributed by atoms with Crippen LogP contribution in [0.1, 0.15) is 0 Å². The number of pyridine rings is 1. The third kappa shape index (κ3) is 2.36. The van der Waals surface area contributed by atoms with Crippen molar-refractivity contribution in [1.82, 2.24) is 4.98 Å². The van der Waals surface area contributed by atoms with Crippen molar-refractivity contribution in [3.8, 4) is 11.3 Å². The zero-order valence-corrected chi connectivity index (χ0v) is 12.0. The van der Waals surface area contributed by atoms with Crippen molar-refractivity contribution < 1.29 is 4.39 Å². The van der Waals surface area contributed by atoms with Gasteiger partial charge >= 0.3 is 0 Å². The number of fused-ring (bicyclic) bond motifs is 1. The highest BCUT2D eigenvalue weighted by Gasteiger charge is 2.10. The molecule has 0 N–H and O–H groups in total. The van der Waals surface area contributed by atoms with Crippen LogP contribution in [0.4, 0.5) is 4.39 Å². The molecule has 0 saturated heterocycles. The number of halogens is 3. The number of benzene rings is 2. The molecule has 0 bridgehead atoms. The van der Waals surface area contributed by atoms with Gasteiger partial charge in [0.15, 0.2) is 0 Å². The predicted molar refractivity (Wildman–Crippen MR) is 79.8 cm³/mol. The maximum atomic E-state index is 13.9. The third-order valence-electron chi connectivity index (χ3n) is 2.87. The van der Waals surface area contributed by atoms with E-state index in [2.05, 4.69) is 20.9 Å². The van der Waals surface area contributed by atoms with Gasteiger partial charge in [0.25, 0.3) is 0 Å². The first-order valence-electron chi connectivity index (χ1n) is 5.66. The van der Waals surface area contributed by atoms with Crippen molar-refractivity contribution in [1.29, 1.82) is 0 Å². The van der Waals surface area contributed by atoms with Crippen LogP contribution in [0.5, 0.6) is 0 Å². The van der Waals surface area contributed by atoms with Crippen LogP contribution in [0.2, 0.25) is 5.02 Å². The van der Waals surface area contributed by atoms with E-state index < -0.39 is 0 Å². The van der Waals surface area contributed by atoms with Gasteiger partial charge in [0.05, 0.1) is 11.2 Å². The van der Waals surface area contributed by atoms with E-state index in [0.717, 1.165) is 15.4 Å². The molecule has 2 aromatic carbocycles. The minimum absolute atomic E-state index is 0.334. The van der Waals surface area contributed by atoms with Gasteiger partial charge in [0.2, 0.25) is 0 Å². The van der Waals surface area contributed by atoms with Crippen molar-refractivity contribution in [2.45, 2.75) is 0 Å².